The third-order valence-electron chi connectivity index (χ3n) is 3.15. The van der Waals surface area contributed by atoms with E-state index in [0.29, 0.717) is 5.69 Å². The number of amides is 1. The van der Waals surface area contributed by atoms with Crippen molar-refractivity contribution in [2.75, 3.05) is 24.7 Å². The zero-order chi connectivity index (χ0) is 13.0. The molecule has 1 heterocycles. The average molecular weight is 265 g/mol. The molecule has 5 heteroatoms. The Hall–Kier alpha value is -1.23. The van der Waals surface area contributed by atoms with Crippen molar-refractivity contribution < 1.29 is 4.79 Å². The normalized spacial score (nSPS) is 16.1. The van der Waals surface area contributed by atoms with E-state index in [2.05, 4.69) is 21.9 Å². The van der Waals surface area contributed by atoms with Crippen LogP contribution >= 0.6 is 11.8 Å². The summed E-state index contributed by atoms with van der Waals surface area (Å²) < 4.78 is 0.287. The van der Waals surface area contributed by atoms with Gasteiger partial charge in [0, 0.05) is 17.8 Å². The van der Waals surface area contributed by atoms with Crippen molar-refractivity contribution in [3.8, 4) is 0 Å². The summed E-state index contributed by atoms with van der Waals surface area (Å²) in [5.74, 6) is 0.659. The van der Waals surface area contributed by atoms with Crippen LogP contribution in [-0.2, 0) is 0 Å². The van der Waals surface area contributed by atoms with E-state index in [9.17, 15) is 4.79 Å². The van der Waals surface area contributed by atoms with Gasteiger partial charge in [-0.2, -0.15) is 11.8 Å². The van der Waals surface area contributed by atoms with Crippen LogP contribution in [0.5, 0.6) is 0 Å². The predicted molar refractivity (Wildman–Crippen MR) is 76.2 cm³/mol. The summed E-state index contributed by atoms with van der Waals surface area (Å²) >= 11 is 1.84. The van der Waals surface area contributed by atoms with Gasteiger partial charge in [0.15, 0.2) is 0 Å². The van der Waals surface area contributed by atoms with Crippen LogP contribution in [0, 0.1) is 0 Å². The maximum absolute atomic E-state index is 12.0. The number of aromatic nitrogens is 1. The molecule has 98 valence electrons. The Bertz CT molecular complexity index is 432. The lowest BCUT2D eigenvalue weighted by Crippen LogP contribution is -2.32. The van der Waals surface area contributed by atoms with Gasteiger partial charge in [-0.25, -0.2) is 4.98 Å². The summed E-state index contributed by atoms with van der Waals surface area (Å²) in [5, 5.41) is 6.08. The Kier molecular flexibility index (Phi) is 4.11. The molecule has 18 heavy (non-hydrogen) atoms. The molecule has 4 nitrogen and oxygen atoms in total. The molecule has 0 aliphatic heterocycles. The highest BCUT2D eigenvalue weighted by molar-refractivity contribution is 8.00. The van der Waals surface area contributed by atoms with Gasteiger partial charge in [0.2, 0.25) is 0 Å². The van der Waals surface area contributed by atoms with Crippen LogP contribution in [0.25, 0.3) is 0 Å². The number of carbonyl (C=O) groups is 1. The number of rotatable bonds is 6. The van der Waals surface area contributed by atoms with E-state index in [1.165, 1.54) is 12.8 Å². The lowest BCUT2D eigenvalue weighted by atomic mass is 10.3. The first-order valence-electron chi connectivity index (χ1n) is 6.23. The summed E-state index contributed by atoms with van der Waals surface area (Å²) in [6.07, 6.45) is 4.49. The van der Waals surface area contributed by atoms with E-state index in [1.807, 2.05) is 30.8 Å². The summed E-state index contributed by atoms with van der Waals surface area (Å²) in [6.45, 7) is 3.54. The number of nitrogens with zero attached hydrogens (tertiary/aromatic N) is 1. The molecule has 0 atom stereocenters. The minimum atomic E-state index is -0.0879. The van der Waals surface area contributed by atoms with E-state index >= 15 is 0 Å². The zero-order valence-electron chi connectivity index (χ0n) is 10.8. The van der Waals surface area contributed by atoms with Gasteiger partial charge in [-0.3, -0.25) is 4.79 Å². The summed E-state index contributed by atoms with van der Waals surface area (Å²) in [6, 6.07) is 5.46. The molecule has 0 saturated heterocycles. The zero-order valence-corrected chi connectivity index (χ0v) is 11.6. The Morgan fingerprint density at radius 3 is 2.89 bits per heavy atom. The molecular weight excluding hydrogens is 246 g/mol. The first-order valence-corrected chi connectivity index (χ1v) is 7.46. The maximum atomic E-state index is 12.0. The van der Waals surface area contributed by atoms with Crippen molar-refractivity contribution in [2.45, 2.75) is 24.5 Å². The van der Waals surface area contributed by atoms with Crippen LogP contribution in [0.3, 0.4) is 0 Å². The van der Waals surface area contributed by atoms with Gasteiger partial charge < -0.3 is 10.6 Å². The minimum absolute atomic E-state index is 0.0879. The van der Waals surface area contributed by atoms with Crippen molar-refractivity contribution in [3.63, 3.8) is 0 Å². The molecule has 0 spiro atoms. The first-order chi connectivity index (χ1) is 8.69. The SMILES string of the molecule is CCNc1cccc(C(=O)NCC2(SC)CC2)n1. The molecule has 0 bridgehead atoms. The molecule has 0 radical (unpaired) electrons. The molecule has 1 amide bonds. The van der Waals surface area contributed by atoms with Crippen LogP contribution in [-0.4, -0.2) is 35.0 Å². The number of carbonyl (C=O) groups excluding carboxylic acids is 1. The van der Waals surface area contributed by atoms with Gasteiger partial charge in [0.25, 0.3) is 5.91 Å². The molecule has 1 saturated carbocycles. The first kappa shape index (κ1) is 13.2. The van der Waals surface area contributed by atoms with Crippen molar-refractivity contribution in [2.24, 2.45) is 0 Å². The number of pyridine rings is 1. The number of anilines is 1. The van der Waals surface area contributed by atoms with Crippen LogP contribution in [0.2, 0.25) is 0 Å². The van der Waals surface area contributed by atoms with E-state index in [1.54, 1.807) is 6.07 Å². The van der Waals surface area contributed by atoms with Crippen molar-refractivity contribution in [3.05, 3.63) is 23.9 Å². The largest absolute Gasteiger partial charge is 0.370 e. The van der Waals surface area contributed by atoms with E-state index in [0.717, 1.165) is 18.9 Å². The number of nitrogens with one attached hydrogen (secondary N) is 2. The average Bonchev–Trinajstić information content (AvgIpc) is 3.17. The molecule has 2 N–H and O–H groups in total. The summed E-state index contributed by atoms with van der Waals surface area (Å²) in [4.78, 5) is 16.3. The smallest absolute Gasteiger partial charge is 0.270 e. The third-order valence-corrected chi connectivity index (χ3v) is 4.57. The van der Waals surface area contributed by atoms with Gasteiger partial charge in [-0.15, -0.1) is 0 Å². The van der Waals surface area contributed by atoms with Gasteiger partial charge in [-0.05, 0) is 38.2 Å². The molecule has 1 aliphatic carbocycles. The molecule has 1 aromatic rings. The van der Waals surface area contributed by atoms with Crippen LogP contribution in [0.1, 0.15) is 30.3 Å². The third kappa shape index (κ3) is 3.16. The molecule has 2 rings (SSSR count). The van der Waals surface area contributed by atoms with Crippen LogP contribution < -0.4 is 10.6 Å². The Morgan fingerprint density at radius 2 is 2.28 bits per heavy atom. The van der Waals surface area contributed by atoms with Gasteiger partial charge in [-0.1, -0.05) is 6.07 Å². The number of hydrogen-bond donors (Lipinski definition) is 2. The van der Waals surface area contributed by atoms with Gasteiger partial charge in [0.1, 0.15) is 11.5 Å². The predicted octanol–water partition coefficient (Wildman–Crippen LogP) is 2.14. The van der Waals surface area contributed by atoms with E-state index < -0.39 is 0 Å². The van der Waals surface area contributed by atoms with Crippen molar-refractivity contribution in [1.82, 2.24) is 10.3 Å². The maximum Gasteiger partial charge on any atom is 0.270 e. The summed E-state index contributed by atoms with van der Waals surface area (Å²) in [5.41, 5.74) is 0.477. The monoisotopic (exact) mass is 265 g/mol. The summed E-state index contributed by atoms with van der Waals surface area (Å²) in [7, 11) is 0. The van der Waals surface area contributed by atoms with Gasteiger partial charge >= 0.3 is 0 Å². The standard InChI is InChI=1S/C13H19N3OS/c1-3-14-11-6-4-5-10(16-11)12(17)15-9-13(18-2)7-8-13/h4-6H,3,7-9H2,1-2H3,(H,14,16)(H,15,17). The quantitative estimate of drug-likeness (QED) is 0.827. The molecule has 0 aromatic carbocycles. The van der Waals surface area contributed by atoms with Crippen LogP contribution in [0.4, 0.5) is 5.82 Å². The Morgan fingerprint density at radius 1 is 1.50 bits per heavy atom. The molecule has 1 aliphatic rings. The molecule has 0 unspecified atom stereocenters. The Labute approximate surface area is 112 Å². The molecular formula is C13H19N3OS. The lowest BCUT2D eigenvalue weighted by Gasteiger charge is -2.13. The second-order valence-corrected chi connectivity index (χ2v) is 5.78. The van der Waals surface area contributed by atoms with E-state index in [-0.39, 0.29) is 10.7 Å². The molecule has 1 fully saturated rings. The highest BCUT2D eigenvalue weighted by Gasteiger charge is 2.41. The number of thioether (sulfide) groups is 1. The fourth-order valence-electron chi connectivity index (χ4n) is 1.77. The molecule has 1 aromatic heterocycles. The fraction of sp³-hybridized carbons (Fsp3) is 0.538. The fourth-order valence-corrected chi connectivity index (χ4v) is 2.49. The second kappa shape index (κ2) is 5.61. The van der Waals surface area contributed by atoms with Crippen molar-refractivity contribution in [1.29, 1.82) is 0 Å². The van der Waals surface area contributed by atoms with E-state index in [4.69, 9.17) is 0 Å². The van der Waals surface area contributed by atoms with Gasteiger partial charge in [0.05, 0.1) is 0 Å². The topological polar surface area (TPSA) is 54.0 Å². The number of hydrogen-bond acceptors (Lipinski definition) is 4. The lowest BCUT2D eigenvalue weighted by molar-refractivity contribution is 0.0948. The highest BCUT2D eigenvalue weighted by atomic mass is 32.2. The van der Waals surface area contributed by atoms with Crippen molar-refractivity contribution >= 4 is 23.5 Å². The Balaban J connectivity index is 1.93. The minimum Gasteiger partial charge on any atom is -0.370 e. The highest BCUT2D eigenvalue weighted by Crippen LogP contribution is 2.46. The second-order valence-electron chi connectivity index (χ2n) is 4.51. The van der Waals surface area contributed by atoms with Crippen LogP contribution in [0.15, 0.2) is 18.2 Å².